The molecule has 4 rings (SSSR count). The number of amides is 3. The van der Waals surface area contributed by atoms with Crippen LogP contribution in [0.3, 0.4) is 0 Å². The van der Waals surface area contributed by atoms with Crippen molar-refractivity contribution in [1.82, 2.24) is 19.9 Å². The molecule has 0 bridgehead atoms. The van der Waals surface area contributed by atoms with Crippen LogP contribution in [0, 0.1) is 6.92 Å². The van der Waals surface area contributed by atoms with Crippen molar-refractivity contribution >= 4 is 23.7 Å². The second kappa shape index (κ2) is 7.62. The number of nitrogens with zero attached hydrogens (tertiary/aromatic N) is 4. The molecule has 0 atom stereocenters. The molecule has 1 N–H and O–H groups in total. The quantitative estimate of drug-likeness (QED) is 0.696. The van der Waals surface area contributed by atoms with E-state index in [-0.39, 0.29) is 35.0 Å². The fourth-order valence-corrected chi connectivity index (χ4v) is 2.89. The third-order valence-electron chi connectivity index (χ3n) is 4.39. The average molecular weight is 399 g/mol. The number of furan rings is 1. The maximum absolute atomic E-state index is 12.6. The SMILES string of the molecule is Cc1cc(C(=O)Nc2nc(C(=O)N3CCN(C(=O)c4ccco4)CC3)co2)no1. The van der Waals surface area contributed by atoms with E-state index in [1.165, 1.54) is 18.6 Å². The molecule has 150 valence electrons. The average Bonchev–Trinajstić information content (AvgIpc) is 3.49. The third-order valence-corrected chi connectivity index (χ3v) is 4.39. The van der Waals surface area contributed by atoms with Gasteiger partial charge in [-0.05, 0) is 19.1 Å². The lowest BCUT2D eigenvalue weighted by Gasteiger charge is -2.33. The summed E-state index contributed by atoms with van der Waals surface area (Å²) in [6, 6.07) is 4.60. The molecule has 3 amide bonds. The van der Waals surface area contributed by atoms with Crippen molar-refractivity contribution in [3.05, 3.63) is 53.6 Å². The highest BCUT2D eigenvalue weighted by Gasteiger charge is 2.28. The smallest absolute Gasteiger partial charge is 0.302 e. The number of aryl methyl sites for hydroxylation is 1. The molecule has 3 aromatic rings. The maximum Gasteiger partial charge on any atom is 0.302 e. The zero-order valence-corrected chi connectivity index (χ0v) is 15.5. The number of hydrogen-bond donors (Lipinski definition) is 1. The molecule has 1 fully saturated rings. The van der Waals surface area contributed by atoms with Gasteiger partial charge in [-0.2, -0.15) is 4.98 Å². The number of rotatable bonds is 4. The molecular weight excluding hydrogens is 382 g/mol. The molecule has 0 saturated carbocycles. The van der Waals surface area contributed by atoms with Crippen LogP contribution in [0.15, 0.2) is 44.1 Å². The highest BCUT2D eigenvalue weighted by Crippen LogP contribution is 2.15. The van der Waals surface area contributed by atoms with Crippen LogP contribution in [-0.4, -0.2) is 63.8 Å². The minimum Gasteiger partial charge on any atom is -0.459 e. The first kappa shape index (κ1) is 18.5. The third kappa shape index (κ3) is 3.88. The largest absolute Gasteiger partial charge is 0.459 e. The highest BCUT2D eigenvalue weighted by atomic mass is 16.5. The summed E-state index contributed by atoms with van der Waals surface area (Å²) in [4.78, 5) is 44.1. The Balaban J connectivity index is 1.33. The summed E-state index contributed by atoms with van der Waals surface area (Å²) >= 11 is 0. The Bertz CT molecular complexity index is 1030. The number of piperazine rings is 1. The Morgan fingerprint density at radius 1 is 1.03 bits per heavy atom. The fraction of sp³-hybridized carbons (Fsp3) is 0.278. The molecular formula is C18H17N5O6. The molecule has 1 saturated heterocycles. The van der Waals surface area contributed by atoms with Crippen molar-refractivity contribution < 1.29 is 27.7 Å². The first-order chi connectivity index (χ1) is 14.0. The zero-order chi connectivity index (χ0) is 20.4. The summed E-state index contributed by atoms with van der Waals surface area (Å²) in [7, 11) is 0. The number of oxazole rings is 1. The number of carbonyl (C=O) groups excluding carboxylic acids is 3. The van der Waals surface area contributed by atoms with Gasteiger partial charge in [0.2, 0.25) is 0 Å². The number of carbonyl (C=O) groups is 3. The van der Waals surface area contributed by atoms with Crippen LogP contribution in [0.5, 0.6) is 0 Å². The van der Waals surface area contributed by atoms with E-state index in [0.29, 0.717) is 31.9 Å². The van der Waals surface area contributed by atoms with Gasteiger partial charge in [-0.15, -0.1) is 0 Å². The van der Waals surface area contributed by atoms with Crippen LogP contribution in [0.1, 0.15) is 37.3 Å². The maximum atomic E-state index is 12.6. The van der Waals surface area contributed by atoms with Crippen molar-refractivity contribution in [2.24, 2.45) is 0 Å². The van der Waals surface area contributed by atoms with Gasteiger partial charge in [-0.25, -0.2) is 0 Å². The van der Waals surface area contributed by atoms with Gasteiger partial charge in [0.25, 0.3) is 17.7 Å². The van der Waals surface area contributed by atoms with Crippen LogP contribution in [0.4, 0.5) is 6.01 Å². The predicted octanol–water partition coefficient (Wildman–Crippen LogP) is 1.41. The van der Waals surface area contributed by atoms with Crippen LogP contribution in [-0.2, 0) is 0 Å². The molecule has 11 heteroatoms. The van der Waals surface area contributed by atoms with Crippen molar-refractivity contribution in [2.75, 3.05) is 31.5 Å². The van der Waals surface area contributed by atoms with Gasteiger partial charge < -0.3 is 23.2 Å². The second-order valence-electron chi connectivity index (χ2n) is 6.38. The van der Waals surface area contributed by atoms with E-state index in [9.17, 15) is 14.4 Å². The van der Waals surface area contributed by atoms with Gasteiger partial charge in [0.05, 0.1) is 6.26 Å². The molecule has 1 aliphatic heterocycles. The normalized spacial score (nSPS) is 14.1. The summed E-state index contributed by atoms with van der Waals surface area (Å²) in [6.45, 7) is 3.10. The standard InChI is InChI=1S/C18H17N5O6/c1-11-9-12(21-29-11)15(24)20-18-19-13(10-28-18)16(25)22-4-6-23(7-5-22)17(26)14-3-2-8-27-14/h2-3,8-10H,4-7H2,1H3,(H,19,20,24). The molecule has 3 aromatic heterocycles. The number of aromatic nitrogens is 2. The van der Waals surface area contributed by atoms with Crippen LogP contribution < -0.4 is 5.32 Å². The van der Waals surface area contributed by atoms with Crippen molar-refractivity contribution in [3.63, 3.8) is 0 Å². The molecule has 4 heterocycles. The highest BCUT2D eigenvalue weighted by molar-refractivity contribution is 6.02. The Labute approximate surface area is 164 Å². The minimum atomic E-state index is -0.562. The second-order valence-corrected chi connectivity index (χ2v) is 6.38. The summed E-state index contributed by atoms with van der Waals surface area (Å²) in [5.74, 6) is -0.368. The number of nitrogens with one attached hydrogen (secondary N) is 1. The Hall–Kier alpha value is -3.89. The molecule has 0 unspecified atom stereocenters. The van der Waals surface area contributed by atoms with E-state index in [4.69, 9.17) is 13.4 Å². The van der Waals surface area contributed by atoms with Gasteiger partial charge in [-0.1, -0.05) is 5.16 Å². The van der Waals surface area contributed by atoms with Gasteiger partial charge in [0.15, 0.2) is 17.1 Å². The van der Waals surface area contributed by atoms with E-state index in [1.54, 1.807) is 28.9 Å². The molecule has 11 nitrogen and oxygen atoms in total. The number of hydrogen-bond acceptors (Lipinski definition) is 8. The minimum absolute atomic E-state index is 0.0578. The Kier molecular flexibility index (Phi) is 4.85. The van der Waals surface area contributed by atoms with E-state index >= 15 is 0 Å². The van der Waals surface area contributed by atoms with Gasteiger partial charge in [0, 0.05) is 32.2 Å². The fourth-order valence-electron chi connectivity index (χ4n) is 2.89. The summed E-state index contributed by atoms with van der Waals surface area (Å²) in [5.41, 5.74) is 0.133. The topological polar surface area (TPSA) is 135 Å². The lowest BCUT2D eigenvalue weighted by Crippen LogP contribution is -2.50. The Morgan fingerprint density at radius 3 is 2.38 bits per heavy atom. The van der Waals surface area contributed by atoms with Crippen molar-refractivity contribution in [1.29, 1.82) is 0 Å². The monoisotopic (exact) mass is 399 g/mol. The molecule has 0 aliphatic carbocycles. The van der Waals surface area contributed by atoms with E-state index in [2.05, 4.69) is 15.5 Å². The van der Waals surface area contributed by atoms with E-state index in [1.807, 2.05) is 0 Å². The van der Waals surface area contributed by atoms with Crippen LogP contribution in [0.25, 0.3) is 0 Å². The summed E-state index contributed by atoms with van der Waals surface area (Å²) in [6.07, 6.45) is 2.62. The van der Waals surface area contributed by atoms with E-state index in [0.717, 1.165) is 0 Å². The molecule has 1 aliphatic rings. The van der Waals surface area contributed by atoms with Crippen LogP contribution >= 0.6 is 0 Å². The molecule has 0 spiro atoms. The van der Waals surface area contributed by atoms with Crippen molar-refractivity contribution in [2.45, 2.75) is 6.92 Å². The van der Waals surface area contributed by atoms with Gasteiger partial charge in [-0.3, -0.25) is 19.7 Å². The number of anilines is 1. The first-order valence-corrected chi connectivity index (χ1v) is 8.83. The summed E-state index contributed by atoms with van der Waals surface area (Å²) in [5, 5.41) is 6.01. The van der Waals surface area contributed by atoms with E-state index < -0.39 is 5.91 Å². The molecule has 0 radical (unpaired) electrons. The van der Waals surface area contributed by atoms with Crippen LogP contribution in [0.2, 0.25) is 0 Å². The van der Waals surface area contributed by atoms with Gasteiger partial charge >= 0.3 is 6.01 Å². The van der Waals surface area contributed by atoms with Gasteiger partial charge in [0.1, 0.15) is 12.0 Å². The Morgan fingerprint density at radius 2 is 1.76 bits per heavy atom. The molecule has 0 aromatic carbocycles. The lowest BCUT2D eigenvalue weighted by atomic mass is 10.2. The lowest BCUT2D eigenvalue weighted by molar-refractivity contribution is 0.0515. The first-order valence-electron chi connectivity index (χ1n) is 8.83. The zero-order valence-electron chi connectivity index (χ0n) is 15.5. The van der Waals surface area contributed by atoms with Crippen molar-refractivity contribution in [3.8, 4) is 0 Å². The molecule has 29 heavy (non-hydrogen) atoms. The predicted molar refractivity (Wildman–Crippen MR) is 96.2 cm³/mol. The summed E-state index contributed by atoms with van der Waals surface area (Å²) < 4.78 is 15.1.